The van der Waals surface area contributed by atoms with E-state index in [2.05, 4.69) is 0 Å². The van der Waals surface area contributed by atoms with Gasteiger partial charge in [0.05, 0.1) is 31.7 Å². The summed E-state index contributed by atoms with van der Waals surface area (Å²) in [6, 6.07) is 6.21. The van der Waals surface area contributed by atoms with E-state index < -0.39 is 52.3 Å². The van der Waals surface area contributed by atoms with E-state index in [0.717, 1.165) is 5.56 Å². The number of carbonyl (C=O) groups excluding carboxylic acids is 4. The molecule has 1 saturated heterocycles. The molecule has 0 bridgehead atoms. The van der Waals surface area contributed by atoms with Gasteiger partial charge in [-0.3, -0.25) is 38.8 Å². The average Bonchev–Trinajstić information content (AvgIpc) is 2.95. The van der Waals surface area contributed by atoms with E-state index in [4.69, 9.17) is 18.9 Å². The summed E-state index contributed by atoms with van der Waals surface area (Å²) in [5.74, 6) is -2.67. The topological polar surface area (TPSA) is 155 Å². The van der Waals surface area contributed by atoms with Gasteiger partial charge in [-0.05, 0) is 107 Å². The number of ether oxygens (including phenoxy) is 4. The number of carbonyl (C=O) groups is 5. The fraction of sp³-hybridized carbons (Fsp3) is 0.725. The van der Waals surface area contributed by atoms with Crippen LogP contribution in [-0.4, -0.2) is 155 Å². The SMILES string of the molecule is CC(C)(C)OC(=O)CN1CCN(CC(=O)OC(C)(C)C)CCN(CC(=O)OC(C)(C)C)[C@@H](Cc2ccc(C(=O)O)cc2)CN(CC(=O)OC(C)(C)C)CC1. The van der Waals surface area contributed by atoms with Crippen LogP contribution in [0.25, 0.3) is 0 Å². The van der Waals surface area contributed by atoms with Crippen molar-refractivity contribution in [2.45, 2.75) is 118 Å². The summed E-state index contributed by atoms with van der Waals surface area (Å²) in [5.41, 5.74) is -1.82. The standard InChI is InChI=1S/C40H66N4O10/c1-37(2,3)51-32(45)25-41-17-18-42(26-33(46)52-38(4,5)6)21-22-44(28-35(48)54-40(10,11)12)31(23-29-13-15-30(16-14-29)36(49)50)24-43(20-19-41)27-34(47)53-39(7,8)9/h13-16,31H,17-28H2,1-12H3,(H,49,50)/t31-/m0/s1. The monoisotopic (exact) mass is 762 g/mol. The van der Waals surface area contributed by atoms with Crippen LogP contribution in [0.2, 0.25) is 0 Å². The molecule has 1 aromatic carbocycles. The van der Waals surface area contributed by atoms with Crippen LogP contribution >= 0.6 is 0 Å². The highest BCUT2D eigenvalue weighted by Crippen LogP contribution is 2.18. The molecule has 1 aliphatic rings. The largest absolute Gasteiger partial charge is 0.478 e. The zero-order valence-electron chi connectivity index (χ0n) is 34.8. The van der Waals surface area contributed by atoms with Gasteiger partial charge in [0.25, 0.3) is 0 Å². The summed E-state index contributed by atoms with van der Waals surface area (Å²) in [4.78, 5) is 72.4. The van der Waals surface area contributed by atoms with Gasteiger partial charge >= 0.3 is 29.8 Å². The molecule has 0 radical (unpaired) electrons. The lowest BCUT2D eigenvalue weighted by Crippen LogP contribution is -2.54. The fourth-order valence-corrected chi connectivity index (χ4v) is 5.87. The van der Waals surface area contributed by atoms with Crippen molar-refractivity contribution in [3.8, 4) is 0 Å². The molecule has 0 unspecified atom stereocenters. The Balaban J connectivity index is 2.63. The van der Waals surface area contributed by atoms with Crippen LogP contribution in [0.1, 0.15) is 99.0 Å². The van der Waals surface area contributed by atoms with Crippen molar-refractivity contribution in [1.82, 2.24) is 19.6 Å². The minimum absolute atomic E-state index is 0.00193. The summed E-state index contributed by atoms with van der Waals surface area (Å²) < 4.78 is 22.8. The van der Waals surface area contributed by atoms with Gasteiger partial charge < -0.3 is 24.1 Å². The number of hydrogen-bond acceptors (Lipinski definition) is 13. The van der Waals surface area contributed by atoms with Crippen molar-refractivity contribution in [3.63, 3.8) is 0 Å². The van der Waals surface area contributed by atoms with Gasteiger partial charge in [0.15, 0.2) is 0 Å². The second kappa shape index (κ2) is 19.8. The first-order valence-corrected chi connectivity index (χ1v) is 18.8. The number of carboxylic acid groups (broad SMARTS) is 1. The molecular formula is C40H66N4O10. The number of aromatic carboxylic acids is 1. The Kier molecular flexibility index (Phi) is 17.1. The molecule has 1 aliphatic heterocycles. The summed E-state index contributed by atoms with van der Waals surface area (Å²) in [6.07, 6.45) is 0.404. The normalized spacial score (nSPS) is 18.2. The molecule has 14 nitrogen and oxygen atoms in total. The van der Waals surface area contributed by atoms with Gasteiger partial charge in [-0.2, -0.15) is 0 Å². The molecule has 1 heterocycles. The Morgan fingerprint density at radius 1 is 0.537 bits per heavy atom. The van der Waals surface area contributed by atoms with Gasteiger partial charge in [0.1, 0.15) is 22.4 Å². The van der Waals surface area contributed by atoms with Crippen molar-refractivity contribution < 1.29 is 48.0 Å². The van der Waals surface area contributed by atoms with Crippen molar-refractivity contribution in [2.75, 3.05) is 72.0 Å². The smallest absolute Gasteiger partial charge is 0.335 e. The quantitative estimate of drug-likeness (QED) is 0.256. The molecule has 0 amide bonds. The maximum Gasteiger partial charge on any atom is 0.335 e. The number of nitrogens with zero attached hydrogens (tertiary/aromatic N) is 4. The first kappa shape index (κ1) is 46.6. The van der Waals surface area contributed by atoms with E-state index in [0.29, 0.717) is 52.2 Å². The first-order valence-electron chi connectivity index (χ1n) is 18.8. The molecule has 2 rings (SSSR count). The Morgan fingerprint density at radius 3 is 1.24 bits per heavy atom. The average molecular weight is 763 g/mol. The van der Waals surface area contributed by atoms with Crippen LogP contribution < -0.4 is 0 Å². The van der Waals surface area contributed by atoms with E-state index in [1.54, 1.807) is 65.8 Å². The number of carboxylic acids is 1. The molecule has 306 valence electrons. The van der Waals surface area contributed by atoms with Crippen LogP contribution in [-0.2, 0) is 44.5 Å². The molecule has 1 N–H and O–H groups in total. The van der Waals surface area contributed by atoms with Gasteiger partial charge in [-0.1, -0.05) is 12.1 Å². The molecular weight excluding hydrogens is 696 g/mol. The fourth-order valence-electron chi connectivity index (χ4n) is 5.87. The van der Waals surface area contributed by atoms with Crippen LogP contribution in [0, 0.1) is 0 Å². The van der Waals surface area contributed by atoms with Gasteiger partial charge in [-0.15, -0.1) is 0 Å². The third-order valence-corrected chi connectivity index (χ3v) is 7.90. The third kappa shape index (κ3) is 20.2. The number of hydrogen-bond donors (Lipinski definition) is 1. The van der Waals surface area contributed by atoms with E-state index >= 15 is 0 Å². The lowest BCUT2D eigenvalue weighted by Gasteiger charge is -2.38. The maximum atomic E-state index is 13.4. The molecule has 1 atom stereocenters. The maximum absolute atomic E-state index is 13.4. The van der Waals surface area contributed by atoms with Gasteiger partial charge in [-0.25, -0.2) is 4.79 Å². The molecule has 14 heteroatoms. The van der Waals surface area contributed by atoms with E-state index in [9.17, 15) is 29.1 Å². The van der Waals surface area contributed by atoms with Crippen LogP contribution in [0.3, 0.4) is 0 Å². The zero-order valence-corrected chi connectivity index (χ0v) is 34.8. The highest BCUT2D eigenvalue weighted by Gasteiger charge is 2.31. The third-order valence-electron chi connectivity index (χ3n) is 7.90. The Morgan fingerprint density at radius 2 is 0.870 bits per heavy atom. The van der Waals surface area contributed by atoms with E-state index in [1.807, 2.05) is 61.1 Å². The molecule has 1 fully saturated rings. The minimum atomic E-state index is -1.04. The molecule has 0 saturated carbocycles. The minimum Gasteiger partial charge on any atom is -0.478 e. The second-order valence-electron chi connectivity index (χ2n) is 18.0. The summed E-state index contributed by atoms with van der Waals surface area (Å²) >= 11 is 0. The lowest BCUT2D eigenvalue weighted by molar-refractivity contribution is -0.160. The van der Waals surface area contributed by atoms with E-state index in [1.165, 1.54) is 0 Å². The predicted octanol–water partition coefficient (Wildman–Crippen LogP) is 3.88. The Hall–Kier alpha value is -3.59. The van der Waals surface area contributed by atoms with E-state index in [-0.39, 0.29) is 37.8 Å². The number of esters is 4. The van der Waals surface area contributed by atoms with Crippen molar-refractivity contribution >= 4 is 29.8 Å². The molecule has 1 aromatic rings. The summed E-state index contributed by atoms with van der Waals surface area (Å²) in [7, 11) is 0. The van der Waals surface area contributed by atoms with Crippen molar-refractivity contribution in [2.24, 2.45) is 0 Å². The van der Waals surface area contributed by atoms with Crippen LogP contribution in [0.15, 0.2) is 24.3 Å². The predicted molar refractivity (Wildman–Crippen MR) is 205 cm³/mol. The second-order valence-corrected chi connectivity index (χ2v) is 18.0. The summed E-state index contributed by atoms with van der Waals surface area (Å²) in [5, 5.41) is 9.51. The van der Waals surface area contributed by atoms with Gasteiger partial charge in [0.2, 0.25) is 0 Å². The summed E-state index contributed by atoms with van der Waals surface area (Å²) in [6.45, 7) is 24.1. The van der Waals surface area contributed by atoms with Crippen molar-refractivity contribution in [3.05, 3.63) is 35.4 Å². The molecule has 54 heavy (non-hydrogen) atoms. The zero-order chi connectivity index (χ0) is 41.1. The number of benzene rings is 1. The highest BCUT2D eigenvalue weighted by molar-refractivity contribution is 5.87. The lowest BCUT2D eigenvalue weighted by atomic mass is 10.0. The number of rotatable bonds is 11. The first-order chi connectivity index (χ1) is 24.7. The van der Waals surface area contributed by atoms with Gasteiger partial charge in [0, 0.05) is 51.9 Å². The Labute approximate surface area is 322 Å². The molecule has 0 aromatic heterocycles. The van der Waals surface area contributed by atoms with Crippen LogP contribution in [0.4, 0.5) is 0 Å². The molecule has 0 aliphatic carbocycles. The molecule has 0 spiro atoms. The van der Waals surface area contributed by atoms with Crippen LogP contribution in [0.5, 0.6) is 0 Å². The van der Waals surface area contributed by atoms with Crippen molar-refractivity contribution in [1.29, 1.82) is 0 Å². The Bertz CT molecular complexity index is 1400. The highest BCUT2D eigenvalue weighted by atomic mass is 16.6.